The number of aromatic nitrogens is 1. The monoisotopic (exact) mass is 293 g/mol. The normalized spacial score (nSPS) is 11.5. The van der Waals surface area contributed by atoms with Crippen molar-refractivity contribution >= 4 is 10.8 Å². The van der Waals surface area contributed by atoms with Gasteiger partial charge in [-0.25, -0.2) is 0 Å². The van der Waals surface area contributed by atoms with Gasteiger partial charge in [0, 0.05) is 28.3 Å². The van der Waals surface area contributed by atoms with E-state index in [0.29, 0.717) is 22.4 Å². The summed E-state index contributed by atoms with van der Waals surface area (Å²) in [5.74, 6) is -0.198. The van der Waals surface area contributed by atoms with E-state index in [4.69, 9.17) is 4.74 Å². The Hall–Kier alpha value is -3.08. The van der Waals surface area contributed by atoms with Crippen molar-refractivity contribution in [3.63, 3.8) is 0 Å². The first kappa shape index (κ1) is 12.6. The quantitative estimate of drug-likeness (QED) is 0.564. The lowest BCUT2D eigenvalue weighted by Gasteiger charge is -2.10. The van der Waals surface area contributed by atoms with E-state index in [9.17, 15) is 15.0 Å². The molecule has 1 aliphatic carbocycles. The maximum atomic E-state index is 12.5. The summed E-state index contributed by atoms with van der Waals surface area (Å²) < 4.78 is 5.29. The van der Waals surface area contributed by atoms with Gasteiger partial charge >= 0.3 is 0 Å². The van der Waals surface area contributed by atoms with Crippen LogP contribution in [0.15, 0.2) is 41.3 Å². The molecule has 0 spiro atoms. The number of phenols is 1. The van der Waals surface area contributed by atoms with Crippen LogP contribution in [0.25, 0.3) is 33.2 Å². The second-order valence-corrected chi connectivity index (χ2v) is 5.09. The number of fused-ring (bicyclic) bond motifs is 3. The Morgan fingerprint density at radius 3 is 2.68 bits per heavy atom. The minimum atomic E-state index is -0.511. The van der Waals surface area contributed by atoms with Gasteiger partial charge in [-0.3, -0.25) is 9.78 Å². The Morgan fingerprint density at radius 1 is 1.09 bits per heavy atom. The van der Waals surface area contributed by atoms with Crippen LogP contribution < -0.4 is 10.2 Å². The zero-order valence-corrected chi connectivity index (χ0v) is 11.6. The molecule has 0 bridgehead atoms. The summed E-state index contributed by atoms with van der Waals surface area (Å²) >= 11 is 0. The fraction of sp³-hybridized carbons (Fsp3) is 0.0588. The van der Waals surface area contributed by atoms with Crippen LogP contribution in [-0.2, 0) is 0 Å². The predicted octanol–water partition coefficient (Wildman–Crippen LogP) is 2.66. The number of rotatable bonds is 1. The lowest BCUT2D eigenvalue weighted by atomic mass is 10.0. The van der Waals surface area contributed by atoms with Gasteiger partial charge in [0.25, 0.3) is 0 Å². The Balaban J connectivity index is 2.34. The smallest absolute Gasteiger partial charge is 0.228 e. The average molecular weight is 293 g/mol. The summed E-state index contributed by atoms with van der Waals surface area (Å²) in [5.41, 5.74) is 1.53. The van der Waals surface area contributed by atoms with E-state index in [-0.39, 0.29) is 17.2 Å². The Labute approximate surface area is 125 Å². The first-order chi connectivity index (χ1) is 10.6. The van der Waals surface area contributed by atoms with Crippen LogP contribution in [0.5, 0.6) is 17.2 Å². The van der Waals surface area contributed by atoms with Gasteiger partial charge in [0.05, 0.1) is 12.8 Å². The number of ether oxygens (including phenoxy) is 1. The van der Waals surface area contributed by atoms with E-state index in [2.05, 4.69) is 4.98 Å². The van der Waals surface area contributed by atoms with E-state index < -0.39 is 5.43 Å². The van der Waals surface area contributed by atoms with Gasteiger partial charge in [0.2, 0.25) is 5.43 Å². The third-order valence-electron chi connectivity index (χ3n) is 3.94. The maximum absolute atomic E-state index is 12.5. The number of methoxy groups -OCH3 is 1. The van der Waals surface area contributed by atoms with E-state index in [1.807, 2.05) is 0 Å². The summed E-state index contributed by atoms with van der Waals surface area (Å²) in [6.45, 7) is 0. The van der Waals surface area contributed by atoms with E-state index >= 15 is 0 Å². The molecule has 0 amide bonds. The maximum Gasteiger partial charge on any atom is 0.228 e. The summed E-state index contributed by atoms with van der Waals surface area (Å²) in [6, 6.07) is 8.02. The van der Waals surface area contributed by atoms with Crippen LogP contribution in [-0.4, -0.2) is 22.3 Å². The molecule has 0 saturated heterocycles. The van der Waals surface area contributed by atoms with Crippen molar-refractivity contribution < 1.29 is 14.9 Å². The summed E-state index contributed by atoms with van der Waals surface area (Å²) in [6.07, 6.45) is 1.62. The molecule has 5 heteroatoms. The molecule has 5 nitrogen and oxygen atoms in total. The topological polar surface area (TPSA) is 79.7 Å². The molecule has 0 unspecified atom stereocenters. The molecule has 1 aromatic heterocycles. The van der Waals surface area contributed by atoms with Gasteiger partial charge in [0.15, 0.2) is 17.2 Å². The molecule has 0 aliphatic heterocycles. The highest BCUT2D eigenvalue weighted by molar-refractivity contribution is 6.16. The molecule has 0 fully saturated rings. The SMILES string of the molecule is COc1c(O)cc2ccnc3c2c1-c1c-3cccc(O)c1=O. The number of hydrogen-bond donors (Lipinski definition) is 2. The molecule has 1 aliphatic rings. The van der Waals surface area contributed by atoms with E-state index in [1.165, 1.54) is 13.2 Å². The fourth-order valence-electron chi connectivity index (χ4n) is 3.05. The van der Waals surface area contributed by atoms with Crippen molar-refractivity contribution in [3.05, 3.63) is 46.8 Å². The van der Waals surface area contributed by atoms with Gasteiger partial charge in [-0.2, -0.15) is 0 Å². The fourth-order valence-corrected chi connectivity index (χ4v) is 3.05. The third kappa shape index (κ3) is 1.42. The number of nitrogens with zero attached hydrogens (tertiary/aromatic N) is 1. The summed E-state index contributed by atoms with van der Waals surface area (Å²) in [5, 5.41) is 21.6. The molecule has 0 saturated carbocycles. The van der Waals surface area contributed by atoms with Crippen LogP contribution in [0.2, 0.25) is 0 Å². The summed E-state index contributed by atoms with van der Waals surface area (Å²) in [4.78, 5) is 16.9. The van der Waals surface area contributed by atoms with Crippen LogP contribution >= 0.6 is 0 Å². The van der Waals surface area contributed by atoms with Gasteiger partial charge < -0.3 is 14.9 Å². The first-order valence-electron chi connectivity index (χ1n) is 6.69. The Morgan fingerprint density at radius 2 is 1.91 bits per heavy atom. The van der Waals surface area contributed by atoms with Crippen LogP contribution in [0.4, 0.5) is 0 Å². The molecular formula is C17H11NO4. The molecule has 1 heterocycles. The van der Waals surface area contributed by atoms with Crippen molar-refractivity contribution in [2.45, 2.75) is 0 Å². The summed E-state index contributed by atoms with van der Waals surface area (Å²) in [7, 11) is 1.43. The second kappa shape index (κ2) is 4.21. The molecule has 3 aromatic rings. The highest BCUT2D eigenvalue weighted by Crippen LogP contribution is 2.51. The predicted molar refractivity (Wildman–Crippen MR) is 82.3 cm³/mol. The minimum Gasteiger partial charge on any atom is -0.504 e. The molecule has 22 heavy (non-hydrogen) atoms. The molecule has 0 atom stereocenters. The standard InChI is InChI=1S/C17H11NO4/c1-22-17-11(20)7-8-5-6-18-15-9-3-2-4-10(19)16(21)13(9)14(17)12(8)15/h2-7,20H,1H3,(H,19,21). The van der Waals surface area contributed by atoms with Crippen molar-refractivity contribution in [1.29, 1.82) is 0 Å². The number of pyridine rings is 1. The van der Waals surface area contributed by atoms with Gasteiger partial charge in [-0.05, 0) is 23.6 Å². The van der Waals surface area contributed by atoms with Crippen LogP contribution in [0.3, 0.4) is 0 Å². The number of phenolic OH excluding ortho intramolecular Hbond substituents is 1. The van der Waals surface area contributed by atoms with Crippen molar-refractivity contribution in [2.75, 3.05) is 7.11 Å². The highest BCUT2D eigenvalue weighted by atomic mass is 16.5. The van der Waals surface area contributed by atoms with Crippen molar-refractivity contribution in [3.8, 4) is 39.6 Å². The lowest BCUT2D eigenvalue weighted by Crippen LogP contribution is -2.01. The van der Waals surface area contributed by atoms with E-state index in [1.54, 1.807) is 30.5 Å². The highest BCUT2D eigenvalue weighted by Gasteiger charge is 2.30. The third-order valence-corrected chi connectivity index (χ3v) is 3.94. The molecule has 0 radical (unpaired) electrons. The van der Waals surface area contributed by atoms with Gasteiger partial charge in [-0.1, -0.05) is 12.1 Å². The molecule has 108 valence electrons. The molecule has 2 aromatic carbocycles. The zero-order chi connectivity index (χ0) is 15.4. The Bertz CT molecular complexity index is 1010. The minimum absolute atomic E-state index is 0.0552. The Kier molecular flexibility index (Phi) is 2.42. The van der Waals surface area contributed by atoms with Crippen molar-refractivity contribution in [2.24, 2.45) is 0 Å². The second-order valence-electron chi connectivity index (χ2n) is 5.09. The van der Waals surface area contributed by atoms with Gasteiger partial charge in [-0.15, -0.1) is 0 Å². The van der Waals surface area contributed by atoms with Gasteiger partial charge in [0.1, 0.15) is 0 Å². The molecular weight excluding hydrogens is 282 g/mol. The average Bonchev–Trinajstić information content (AvgIpc) is 2.75. The number of hydrogen-bond acceptors (Lipinski definition) is 5. The molecule has 2 N–H and O–H groups in total. The molecule has 4 rings (SSSR count). The lowest BCUT2D eigenvalue weighted by molar-refractivity contribution is 0.376. The van der Waals surface area contributed by atoms with Crippen LogP contribution in [0, 0.1) is 0 Å². The zero-order valence-electron chi connectivity index (χ0n) is 11.6. The van der Waals surface area contributed by atoms with E-state index in [0.717, 1.165) is 10.8 Å². The van der Waals surface area contributed by atoms with Crippen molar-refractivity contribution in [1.82, 2.24) is 4.98 Å². The first-order valence-corrected chi connectivity index (χ1v) is 6.69. The van der Waals surface area contributed by atoms with Crippen LogP contribution in [0.1, 0.15) is 0 Å². The largest absolute Gasteiger partial charge is 0.504 e. The number of aromatic hydroxyl groups is 2. The number of benzene rings is 1.